The van der Waals surface area contributed by atoms with Crippen LogP contribution in [0.3, 0.4) is 0 Å². The Morgan fingerprint density at radius 2 is 1.92 bits per heavy atom. The number of rotatable bonds is 2. The van der Waals surface area contributed by atoms with Crippen molar-refractivity contribution in [2.24, 2.45) is 0 Å². The summed E-state index contributed by atoms with van der Waals surface area (Å²) >= 11 is 0. The number of amides is 1. The Hall–Kier alpha value is -2.20. The molecule has 0 atom stereocenters. The molecule has 0 aromatic heterocycles. The van der Waals surface area contributed by atoms with E-state index in [9.17, 15) is 9.18 Å². The van der Waals surface area contributed by atoms with E-state index in [2.05, 4.69) is 0 Å². The summed E-state index contributed by atoms with van der Waals surface area (Å²) in [6.45, 7) is 7.40. The smallest absolute Gasteiger partial charge is 0.254 e. The summed E-state index contributed by atoms with van der Waals surface area (Å²) in [5, 5.41) is 0. The minimum Gasteiger partial charge on any atom is -0.372 e. The van der Waals surface area contributed by atoms with Crippen molar-refractivity contribution in [3.8, 4) is 11.1 Å². The summed E-state index contributed by atoms with van der Waals surface area (Å²) in [7, 11) is 0. The summed E-state index contributed by atoms with van der Waals surface area (Å²) < 4.78 is 19.5. The lowest BCUT2D eigenvalue weighted by atomic mass is 10.0. The van der Waals surface area contributed by atoms with Crippen molar-refractivity contribution in [2.45, 2.75) is 26.4 Å². The molecule has 1 fully saturated rings. The van der Waals surface area contributed by atoms with Gasteiger partial charge in [0.05, 0.1) is 12.2 Å². The Balaban J connectivity index is 1.87. The first-order valence-corrected chi connectivity index (χ1v) is 8.15. The van der Waals surface area contributed by atoms with Crippen molar-refractivity contribution >= 4 is 5.91 Å². The van der Waals surface area contributed by atoms with E-state index in [4.69, 9.17) is 4.74 Å². The molecule has 1 aliphatic heterocycles. The van der Waals surface area contributed by atoms with Crippen molar-refractivity contribution in [2.75, 3.05) is 19.7 Å². The van der Waals surface area contributed by atoms with E-state index in [-0.39, 0.29) is 17.3 Å². The van der Waals surface area contributed by atoms with Crippen LogP contribution < -0.4 is 0 Å². The third kappa shape index (κ3) is 3.49. The van der Waals surface area contributed by atoms with Gasteiger partial charge in [-0.15, -0.1) is 0 Å². The maximum Gasteiger partial charge on any atom is 0.254 e. The fourth-order valence-electron chi connectivity index (χ4n) is 2.98. The van der Waals surface area contributed by atoms with Crippen LogP contribution in [0, 0.1) is 12.7 Å². The van der Waals surface area contributed by atoms with Crippen LogP contribution in [0.15, 0.2) is 42.5 Å². The molecule has 0 bridgehead atoms. The SMILES string of the molecule is Cc1ccc(-c2cccc(C(=O)N3CCOC(C)(C)C3)c2)cc1F. The number of ether oxygens (including phenoxy) is 1. The molecule has 0 N–H and O–H groups in total. The maximum absolute atomic E-state index is 13.8. The molecule has 2 aromatic carbocycles. The molecule has 126 valence electrons. The van der Waals surface area contributed by atoms with Gasteiger partial charge in [0.1, 0.15) is 5.82 Å². The monoisotopic (exact) mass is 327 g/mol. The van der Waals surface area contributed by atoms with E-state index >= 15 is 0 Å². The number of hydrogen-bond donors (Lipinski definition) is 0. The molecule has 1 heterocycles. The quantitative estimate of drug-likeness (QED) is 0.833. The van der Waals surface area contributed by atoms with Gasteiger partial charge < -0.3 is 9.64 Å². The van der Waals surface area contributed by atoms with Gasteiger partial charge in [-0.3, -0.25) is 4.79 Å². The molecule has 1 amide bonds. The van der Waals surface area contributed by atoms with Crippen molar-refractivity contribution in [3.63, 3.8) is 0 Å². The average Bonchev–Trinajstić information content (AvgIpc) is 2.56. The standard InChI is InChI=1S/C20H22FNO2/c1-14-7-8-16(12-18(14)21)15-5-4-6-17(11-15)19(23)22-9-10-24-20(2,3)13-22/h4-8,11-12H,9-10,13H2,1-3H3. The fraction of sp³-hybridized carbons (Fsp3) is 0.350. The van der Waals surface area contributed by atoms with Gasteiger partial charge in [0, 0.05) is 18.7 Å². The van der Waals surface area contributed by atoms with E-state index in [1.807, 2.05) is 43.0 Å². The molecule has 0 radical (unpaired) electrons. The van der Waals surface area contributed by atoms with Crippen molar-refractivity contribution < 1.29 is 13.9 Å². The number of carbonyl (C=O) groups is 1. The van der Waals surface area contributed by atoms with Gasteiger partial charge in [0.2, 0.25) is 0 Å². The Morgan fingerprint density at radius 3 is 2.62 bits per heavy atom. The van der Waals surface area contributed by atoms with Crippen LogP contribution in [-0.4, -0.2) is 36.1 Å². The summed E-state index contributed by atoms with van der Waals surface area (Å²) in [6, 6.07) is 12.5. The number of hydrogen-bond acceptors (Lipinski definition) is 2. The second-order valence-electron chi connectivity index (χ2n) is 6.88. The second kappa shape index (κ2) is 6.36. The molecule has 24 heavy (non-hydrogen) atoms. The molecule has 1 saturated heterocycles. The zero-order chi connectivity index (χ0) is 17.3. The molecular weight excluding hydrogens is 305 g/mol. The lowest BCUT2D eigenvalue weighted by Crippen LogP contribution is -2.50. The Bertz CT molecular complexity index is 770. The Morgan fingerprint density at radius 1 is 1.17 bits per heavy atom. The number of aryl methyl sites for hydroxylation is 1. The van der Waals surface area contributed by atoms with Crippen molar-refractivity contribution in [3.05, 3.63) is 59.4 Å². The van der Waals surface area contributed by atoms with E-state index in [1.54, 1.807) is 19.1 Å². The molecule has 3 nitrogen and oxygen atoms in total. The minimum absolute atomic E-state index is 0.0131. The number of nitrogens with zero attached hydrogens (tertiary/aromatic N) is 1. The number of benzene rings is 2. The van der Waals surface area contributed by atoms with E-state index < -0.39 is 0 Å². The molecule has 1 aliphatic rings. The lowest BCUT2D eigenvalue weighted by Gasteiger charge is -2.38. The summed E-state index contributed by atoms with van der Waals surface area (Å²) in [5.74, 6) is -0.250. The predicted octanol–water partition coefficient (Wildman–Crippen LogP) is 4.05. The first kappa shape index (κ1) is 16.7. The summed E-state index contributed by atoms with van der Waals surface area (Å²) in [4.78, 5) is 14.6. The summed E-state index contributed by atoms with van der Waals surface area (Å²) in [5.41, 5.74) is 2.51. The molecule has 3 rings (SSSR count). The van der Waals surface area contributed by atoms with Crippen LogP contribution in [0.4, 0.5) is 4.39 Å². The van der Waals surface area contributed by atoms with Crippen LogP contribution >= 0.6 is 0 Å². The van der Waals surface area contributed by atoms with Crippen LogP contribution in [-0.2, 0) is 4.74 Å². The highest BCUT2D eigenvalue weighted by Gasteiger charge is 2.30. The molecule has 0 saturated carbocycles. The predicted molar refractivity (Wildman–Crippen MR) is 92.5 cm³/mol. The number of morpholine rings is 1. The van der Waals surface area contributed by atoms with E-state index in [0.29, 0.717) is 30.8 Å². The Labute approximate surface area is 142 Å². The van der Waals surface area contributed by atoms with E-state index in [1.165, 1.54) is 6.07 Å². The lowest BCUT2D eigenvalue weighted by molar-refractivity contribution is -0.0764. The highest BCUT2D eigenvalue weighted by atomic mass is 19.1. The Kier molecular flexibility index (Phi) is 4.41. The minimum atomic E-state index is -0.328. The van der Waals surface area contributed by atoms with Gasteiger partial charge in [-0.05, 0) is 55.7 Å². The molecule has 4 heteroatoms. The largest absolute Gasteiger partial charge is 0.372 e. The molecule has 0 spiro atoms. The number of carbonyl (C=O) groups excluding carboxylic acids is 1. The highest BCUT2D eigenvalue weighted by Crippen LogP contribution is 2.24. The topological polar surface area (TPSA) is 29.5 Å². The van der Waals surface area contributed by atoms with Gasteiger partial charge in [-0.25, -0.2) is 4.39 Å². The first-order chi connectivity index (χ1) is 11.4. The highest BCUT2D eigenvalue weighted by molar-refractivity contribution is 5.95. The van der Waals surface area contributed by atoms with Crippen LogP contribution in [0.5, 0.6) is 0 Å². The third-order valence-electron chi connectivity index (χ3n) is 4.33. The number of halogens is 1. The fourth-order valence-corrected chi connectivity index (χ4v) is 2.98. The van der Waals surface area contributed by atoms with Crippen molar-refractivity contribution in [1.82, 2.24) is 4.90 Å². The zero-order valence-corrected chi connectivity index (χ0v) is 14.3. The molecule has 2 aromatic rings. The van der Waals surface area contributed by atoms with Gasteiger partial charge in [0.25, 0.3) is 5.91 Å². The van der Waals surface area contributed by atoms with Gasteiger partial charge >= 0.3 is 0 Å². The van der Waals surface area contributed by atoms with Crippen LogP contribution in [0.2, 0.25) is 0 Å². The maximum atomic E-state index is 13.8. The first-order valence-electron chi connectivity index (χ1n) is 8.15. The van der Waals surface area contributed by atoms with Gasteiger partial charge in [-0.1, -0.05) is 24.3 Å². The van der Waals surface area contributed by atoms with Crippen LogP contribution in [0.25, 0.3) is 11.1 Å². The van der Waals surface area contributed by atoms with Gasteiger partial charge in [0.15, 0.2) is 0 Å². The van der Waals surface area contributed by atoms with Gasteiger partial charge in [-0.2, -0.15) is 0 Å². The van der Waals surface area contributed by atoms with Crippen molar-refractivity contribution in [1.29, 1.82) is 0 Å². The third-order valence-corrected chi connectivity index (χ3v) is 4.33. The zero-order valence-electron chi connectivity index (χ0n) is 14.3. The average molecular weight is 327 g/mol. The normalized spacial score (nSPS) is 16.9. The van der Waals surface area contributed by atoms with Crippen LogP contribution in [0.1, 0.15) is 29.8 Å². The second-order valence-corrected chi connectivity index (χ2v) is 6.88. The molecule has 0 aliphatic carbocycles. The molecular formula is C20H22FNO2. The summed E-state index contributed by atoms with van der Waals surface area (Å²) in [6.07, 6.45) is 0. The molecule has 0 unspecified atom stereocenters. The van der Waals surface area contributed by atoms with E-state index in [0.717, 1.165) is 11.1 Å².